The van der Waals surface area contributed by atoms with Crippen molar-refractivity contribution in [3.63, 3.8) is 0 Å². The lowest BCUT2D eigenvalue weighted by Gasteiger charge is -2.09. The van der Waals surface area contributed by atoms with Gasteiger partial charge in [-0.3, -0.25) is 4.79 Å². The first-order valence-electron chi connectivity index (χ1n) is 4.24. The molecule has 0 saturated carbocycles. The zero-order chi connectivity index (χ0) is 10.0. The summed E-state index contributed by atoms with van der Waals surface area (Å²) >= 11 is 5.53. The number of hydrogen-bond donors (Lipinski definition) is 0. The maximum absolute atomic E-state index is 11.5. The number of halogens is 1. The van der Waals surface area contributed by atoms with E-state index < -0.39 is 0 Å². The molecule has 1 rings (SSSR count). The van der Waals surface area contributed by atoms with Gasteiger partial charge < -0.3 is 0 Å². The Labute approximate surface area is 83.7 Å². The molecule has 0 atom stereocenters. The van der Waals surface area contributed by atoms with Gasteiger partial charge in [-0.15, -0.1) is 11.6 Å². The summed E-state index contributed by atoms with van der Waals surface area (Å²) in [5, 5.41) is 0. The molecule has 0 aliphatic carbocycles. The Hall–Kier alpha value is -0.820. The van der Waals surface area contributed by atoms with E-state index in [1.807, 2.05) is 32.9 Å². The van der Waals surface area contributed by atoms with Crippen molar-refractivity contribution in [2.24, 2.45) is 0 Å². The highest BCUT2D eigenvalue weighted by Gasteiger charge is 2.11. The Morgan fingerprint density at radius 1 is 1.23 bits per heavy atom. The molecular formula is C11H13ClO. The van der Waals surface area contributed by atoms with E-state index in [1.165, 1.54) is 0 Å². The van der Waals surface area contributed by atoms with Gasteiger partial charge in [0.2, 0.25) is 0 Å². The summed E-state index contributed by atoms with van der Waals surface area (Å²) < 4.78 is 0. The van der Waals surface area contributed by atoms with Crippen molar-refractivity contribution >= 4 is 17.4 Å². The Kier molecular flexibility index (Phi) is 3.10. The number of ketones is 1. The molecule has 0 amide bonds. The smallest absolute Gasteiger partial charge is 0.178 e. The number of benzene rings is 1. The molecule has 0 unspecified atom stereocenters. The van der Waals surface area contributed by atoms with Crippen LogP contribution in [0.1, 0.15) is 27.0 Å². The van der Waals surface area contributed by atoms with E-state index in [0.29, 0.717) is 0 Å². The first-order chi connectivity index (χ1) is 6.07. The molecule has 1 aromatic rings. The number of carbonyl (C=O) groups is 1. The van der Waals surface area contributed by atoms with Gasteiger partial charge in [-0.25, -0.2) is 0 Å². The van der Waals surface area contributed by atoms with Crippen molar-refractivity contribution in [2.45, 2.75) is 20.8 Å². The maximum atomic E-state index is 11.5. The molecule has 70 valence electrons. The Bertz CT molecular complexity index is 342. The van der Waals surface area contributed by atoms with E-state index in [2.05, 4.69) is 0 Å². The van der Waals surface area contributed by atoms with Gasteiger partial charge in [0.15, 0.2) is 5.78 Å². The molecule has 0 aromatic heterocycles. The monoisotopic (exact) mass is 196 g/mol. The summed E-state index contributed by atoms with van der Waals surface area (Å²) in [6.07, 6.45) is 0. The number of hydrogen-bond acceptors (Lipinski definition) is 1. The van der Waals surface area contributed by atoms with Crippen LogP contribution in [0.3, 0.4) is 0 Å². The molecule has 0 aliphatic rings. The zero-order valence-electron chi connectivity index (χ0n) is 8.15. The number of Topliss-reactive ketones (excluding diaryl/α,β-unsaturated/α-hetero) is 1. The lowest BCUT2D eigenvalue weighted by molar-refractivity contribution is 0.102. The Morgan fingerprint density at radius 3 is 2.31 bits per heavy atom. The first kappa shape index (κ1) is 10.3. The van der Waals surface area contributed by atoms with Gasteiger partial charge in [0.05, 0.1) is 5.88 Å². The molecule has 0 aliphatic heterocycles. The lowest BCUT2D eigenvalue weighted by atomic mass is 9.96. The van der Waals surface area contributed by atoms with E-state index in [0.717, 1.165) is 22.3 Å². The topological polar surface area (TPSA) is 17.1 Å². The van der Waals surface area contributed by atoms with E-state index in [-0.39, 0.29) is 11.7 Å². The molecule has 0 heterocycles. The summed E-state index contributed by atoms with van der Waals surface area (Å²) in [6.45, 7) is 5.90. The molecule has 0 fully saturated rings. The average molecular weight is 197 g/mol. The highest BCUT2D eigenvalue weighted by Crippen LogP contribution is 2.18. The molecule has 2 heteroatoms. The van der Waals surface area contributed by atoms with Crippen LogP contribution < -0.4 is 0 Å². The largest absolute Gasteiger partial charge is 0.293 e. The second-order valence-electron chi connectivity index (χ2n) is 3.26. The molecule has 0 saturated heterocycles. The van der Waals surface area contributed by atoms with Crippen molar-refractivity contribution in [1.82, 2.24) is 0 Å². The lowest BCUT2D eigenvalue weighted by Crippen LogP contribution is -2.06. The van der Waals surface area contributed by atoms with Gasteiger partial charge in [-0.1, -0.05) is 12.1 Å². The third kappa shape index (κ3) is 1.92. The van der Waals surface area contributed by atoms with Crippen molar-refractivity contribution in [3.8, 4) is 0 Å². The molecule has 0 radical (unpaired) electrons. The number of rotatable bonds is 2. The van der Waals surface area contributed by atoms with Gasteiger partial charge in [-0.05, 0) is 37.5 Å². The summed E-state index contributed by atoms with van der Waals surface area (Å²) in [7, 11) is 0. The van der Waals surface area contributed by atoms with Gasteiger partial charge in [-0.2, -0.15) is 0 Å². The van der Waals surface area contributed by atoms with Crippen LogP contribution in [-0.2, 0) is 0 Å². The summed E-state index contributed by atoms with van der Waals surface area (Å²) in [5.74, 6) is 0.0749. The Morgan fingerprint density at radius 2 is 1.77 bits per heavy atom. The fourth-order valence-corrected chi connectivity index (χ4v) is 1.58. The van der Waals surface area contributed by atoms with Gasteiger partial charge in [0.25, 0.3) is 0 Å². The summed E-state index contributed by atoms with van der Waals surface area (Å²) in [6, 6.07) is 3.98. The molecule has 1 nitrogen and oxygen atoms in total. The predicted octanol–water partition coefficient (Wildman–Crippen LogP) is 3.03. The van der Waals surface area contributed by atoms with E-state index in [1.54, 1.807) is 0 Å². The van der Waals surface area contributed by atoms with Crippen molar-refractivity contribution in [3.05, 3.63) is 34.4 Å². The van der Waals surface area contributed by atoms with Crippen LogP contribution in [0.25, 0.3) is 0 Å². The fourth-order valence-electron chi connectivity index (χ4n) is 1.45. The zero-order valence-corrected chi connectivity index (χ0v) is 8.90. The summed E-state index contributed by atoms with van der Waals surface area (Å²) in [4.78, 5) is 11.5. The van der Waals surface area contributed by atoms with Crippen molar-refractivity contribution in [1.29, 1.82) is 0 Å². The van der Waals surface area contributed by atoms with Crippen LogP contribution in [0.2, 0.25) is 0 Å². The second kappa shape index (κ2) is 3.93. The van der Waals surface area contributed by atoms with Gasteiger partial charge in [0.1, 0.15) is 0 Å². The minimum Gasteiger partial charge on any atom is -0.293 e. The van der Waals surface area contributed by atoms with Gasteiger partial charge in [0, 0.05) is 5.56 Å². The normalized spacial score (nSPS) is 10.2. The number of aryl methyl sites for hydroxylation is 2. The fraction of sp³-hybridized carbons (Fsp3) is 0.364. The van der Waals surface area contributed by atoms with Crippen LogP contribution >= 0.6 is 11.6 Å². The number of carbonyl (C=O) groups excluding carboxylic acids is 1. The van der Waals surface area contributed by atoms with Crippen LogP contribution in [0.5, 0.6) is 0 Å². The second-order valence-corrected chi connectivity index (χ2v) is 3.52. The minimum atomic E-state index is 0.0142. The maximum Gasteiger partial charge on any atom is 0.178 e. The van der Waals surface area contributed by atoms with Crippen LogP contribution in [0, 0.1) is 20.8 Å². The summed E-state index contributed by atoms with van der Waals surface area (Å²) in [5.41, 5.74) is 3.98. The molecule has 13 heavy (non-hydrogen) atoms. The van der Waals surface area contributed by atoms with Crippen LogP contribution in [0.4, 0.5) is 0 Å². The van der Waals surface area contributed by atoms with Crippen molar-refractivity contribution < 1.29 is 4.79 Å². The molecule has 0 spiro atoms. The van der Waals surface area contributed by atoms with E-state index in [9.17, 15) is 4.79 Å². The van der Waals surface area contributed by atoms with Crippen LogP contribution in [0.15, 0.2) is 12.1 Å². The van der Waals surface area contributed by atoms with Crippen molar-refractivity contribution in [2.75, 3.05) is 5.88 Å². The quantitative estimate of drug-likeness (QED) is 0.525. The Balaban J connectivity index is 3.33. The van der Waals surface area contributed by atoms with Gasteiger partial charge >= 0.3 is 0 Å². The minimum absolute atomic E-state index is 0.0142. The van der Waals surface area contributed by atoms with E-state index >= 15 is 0 Å². The highest BCUT2D eigenvalue weighted by molar-refractivity contribution is 6.30. The SMILES string of the molecule is Cc1ccc(C)c(C(=O)CCl)c1C. The number of alkyl halides is 1. The van der Waals surface area contributed by atoms with Crippen LogP contribution in [-0.4, -0.2) is 11.7 Å². The molecular weight excluding hydrogens is 184 g/mol. The third-order valence-corrected chi connectivity index (χ3v) is 2.59. The highest BCUT2D eigenvalue weighted by atomic mass is 35.5. The standard InChI is InChI=1S/C11H13ClO/c1-7-4-5-8(2)11(9(7)3)10(13)6-12/h4-5H,6H2,1-3H3. The third-order valence-electron chi connectivity index (χ3n) is 2.34. The molecule has 1 aromatic carbocycles. The average Bonchev–Trinajstić information content (AvgIpc) is 2.12. The van der Waals surface area contributed by atoms with E-state index in [4.69, 9.17) is 11.6 Å². The first-order valence-corrected chi connectivity index (χ1v) is 4.77. The predicted molar refractivity (Wildman–Crippen MR) is 55.7 cm³/mol. The molecule has 0 N–H and O–H groups in total. The molecule has 0 bridgehead atoms.